The highest BCUT2D eigenvalue weighted by molar-refractivity contribution is 5.78. The van der Waals surface area contributed by atoms with Crippen molar-refractivity contribution in [2.24, 2.45) is 11.8 Å². The van der Waals surface area contributed by atoms with E-state index in [0.29, 0.717) is 25.3 Å². The van der Waals surface area contributed by atoms with Gasteiger partial charge in [0.05, 0.1) is 5.92 Å². The Morgan fingerprint density at radius 2 is 2.11 bits per heavy atom. The van der Waals surface area contributed by atoms with E-state index in [-0.39, 0.29) is 11.8 Å². The molecule has 0 aromatic carbocycles. The molecule has 0 aromatic rings. The quantitative estimate of drug-likeness (QED) is 0.778. The topological polar surface area (TPSA) is 69.6 Å². The van der Waals surface area contributed by atoms with Crippen LogP contribution < -0.4 is 5.32 Å². The molecule has 0 aromatic heterocycles. The van der Waals surface area contributed by atoms with Gasteiger partial charge in [-0.25, -0.2) is 0 Å². The van der Waals surface area contributed by atoms with E-state index in [4.69, 9.17) is 5.11 Å². The normalized spacial score (nSPS) is 29.0. The number of rotatable bonds is 3. The summed E-state index contributed by atoms with van der Waals surface area (Å²) in [6.07, 6.45) is 4.32. The maximum Gasteiger partial charge on any atom is 0.308 e. The average molecular weight is 254 g/mol. The number of hydrogen-bond donors (Lipinski definition) is 2. The van der Waals surface area contributed by atoms with E-state index in [1.165, 1.54) is 0 Å². The summed E-state index contributed by atoms with van der Waals surface area (Å²) >= 11 is 0. The monoisotopic (exact) mass is 254 g/mol. The molecule has 2 rings (SSSR count). The van der Waals surface area contributed by atoms with Crippen LogP contribution in [0.1, 0.15) is 32.1 Å². The highest BCUT2D eigenvalue weighted by Gasteiger charge is 2.29. The van der Waals surface area contributed by atoms with Crippen LogP contribution in [-0.4, -0.2) is 48.1 Å². The summed E-state index contributed by atoms with van der Waals surface area (Å²) in [7, 11) is 0. The van der Waals surface area contributed by atoms with Gasteiger partial charge in [0, 0.05) is 19.5 Å². The Morgan fingerprint density at radius 3 is 2.78 bits per heavy atom. The maximum atomic E-state index is 12.1. The second kappa shape index (κ2) is 6.18. The molecule has 0 spiro atoms. The SMILES string of the molecule is O=C(O)C1CCCN(C(=O)CC2CCCNC2)C1. The van der Waals surface area contributed by atoms with Crippen molar-refractivity contribution < 1.29 is 14.7 Å². The van der Waals surface area contributed by atoms with Gasteiger partial charge in [-0.3, -0.25) is 9.59 Å². The Kier molecular flexibility index (Phi) is 4.58. The zero-order valence-corrected chi connectivity index (χ0v) is 10.7. The van der Waals surface area contributed by atoms with Crippen molar-refractivity contribution in [3.63, 3.8) is 0 Å². The third-order valence-electron chi connectivity index (χ3n) is 3.99. The molecule has 2 unspecified atom stereocenters. The van der Waals surface area contributed by atoms with Gasteiger partial charge in [-0.05, 0) is 44.7 Å². The molecular weight excluding hydrogens is 232 g/mol. The fourth-order valence-electron chi connectivity index (χ4n) is 2.88. The predicted octanol–water partition coefficient (Wildman–Crippen LogP) is 0.699. The first kappa shape index (κ1) is 13.3. The third kappa shape index (κ3) is 3.45. The lowest BCUT2D eigenvalue weighted by molar-refractivity contribution is -0.145. The molecule has 2 N–H and O–H groups in total. The fraction of sp³-hybridized carbons (Fsp3) is 0.846. The molecule has 18 heavy (non-hydrogen) atoms. The number of carbonyl (C=O) groups is 2. The van der Waals surface area contributed by atoms with E-state index >= 15 is 0 Å². The first-order chi connectivity index (χ1) is 8.66. The number of carbonyl (C=O) groups excluding carboxylic acids is 1. The van der Waals surface area contributed by atoms with E-state index in [1.54, 1.807) is 4.90 Å². The van der Waals surface area contributed by atoms with Gasteiger partial charge in [-0.2, -0.15) is 0 Å². The summed E-state index contributed by atoms with van der Waals surface area (Å²) < 4.78 is 0. The lowest BCUT2D eigenvalue weighted by atomic mass is 9.93. The second-order valence-electron chi connectivity index (χ2n) is 5.43. The van der Waals surface area contributed by atoms with Crippen molar-refractivity contribution in [3.05, 3.63) is 0 Å². The van der Waals surface area contributed by atoms with Crippen molar-refractivity contribution in [1.82, 2.24) is 10.2 Å². The summed E-state index contributed by atoms with van der Waals surface area (Å²) in [6.45, 7) is 3.09. The molecule has 0 radical (unpaired) electrons. The summed E-state index contributed by atoms with van der Waals surface area (Å²) in [5.41, 5.74) is 0. The lowest BCUT2D eigenvalue weighted by Gasteiger charge is -2.32. The van der Waals surface area contributed by atoms with Gasteiger partial charge < -0.3 is 15.3 Å². The van der Waals surface area contributed by atoms with E-state index in [9.17, 15) is 9.59 Å². The summed E-state index contributed by atoms with van der Waals surface area (Å²) in [6, 6.07) is 0. The molecule has 5 nitrogen and oxygen atoms in total. The van der Waals surface area contributed by atoms with E-state index in [0.717, 1.165) is 38.9 Å². The molecule has 2 aliphatic rings. The molecule has 2 aliphatic heterocycles. The van der Waals surface area contributed by atoms with E-state index in [2.05, 4.69) is 5.32 Å². The molecule has 2 fully saturated rings. The molecule has 2 atom stereocenters. The van der Waals surface area contributed by atoms with Crippen LogP contribution in [0.3, 0.4) is 0 Å². The second-order valence-corrected chi connectivity index (χ2v) is 5.43. The van der Waals surface area contributed by atoms with Gasteiger partial charge in [-0.1, -0.05) is 0 Å². The number of nitrogens with one attached hydrogen (secondary N) is 1. The van der Waals surface area contributed by atoms with Gasteiger partial charge in [0.1, 0.15) is 0 Å². The van der Waals surface area contributed by atoms with Crippen LogP contribution in [0, 0.1) is 11.8 Å². The predicted molar refractivity (Wildman–Crippen MR) is 67.2 cm³/mol. The highest BCUT2D eigenvalue weighted by Crippen LogP contribution is 2.20. The molecule has 0 aliphatic carbocycles. The third-order valence-corrected chi connectivity index (χ3v) is 3.99. The Hall–Kier alpha value is -1.10. The molecule has 0 bridgehead atoms. The zero-order valence-electron chi connectivity index (χ0n) is 10.7. The lowest BCUT2D eigenvalue weighted by Crippen LogP contribution is -2.43. The highest BCUT2D eigenvalue weighted by atomic mass is 16.4. The Bertz CT molecular complexity index is 313. The minimum atomic E-state index is -0.771. The van der Waals surface area contributed by atoms with Gasteiger partial charge in [-0.15, -0.1) is 0 Å². The van der Waals surface area contributed by atoms with E-state index < -0.39 is 5.97 Å². The largest absolute Gasteiger partial charge is 0.481 e. The van der Waals surface area contributed by atoms with Crippen LogP contribution in [-0.2, 0) is 9.59 Å². The average Bonchev–Trinajstić information content (AvgIpc) is 2.40. The molecule has 2 saturated heterocycles. The number of likely N-dealkylation sites (tertiary alicyclic amines) is 1. The summed E-state index contributed by atoms with van der Waals surface area (Å²) in [5.74, 6) is -0.579. The van der Waals surface area contributed by atoms with E-state index in [1.807, 2.05) is 0 Å². The van der Waals surface area contributed by atoms with Crippen molar-refractivity contribution >= 4 is 11.9 Å². The number of carboxylic acids is 1. The first-order valence-corrected chi connectivity index (χ1v) is 6.88. The van der Waals surface area contributed by atoms with Crippen molar-refractivity contribution in [3.8, 4) is 0 Å². The van der Waals surface area contributed by atoms with Crippen LogP contribution in [0.5, 0.6) is 0 Å². The van der Waals surface area contributed by atoms with Crippen LogP contribution in [0.2, 0.25) is 0 Å². The molecular formula is C13H22N2O3. The van der Waals surface area contributed by atoms with Gasteiger partial charge >= 0.3 is 5.97 Å². The van der Waals surface area contributed by atoms with Gasteiger partial charge in [0.15, 0.2) is 0 Å². The number of amides is 1. The molecule has 5 heteroatoms. The molecule has 1 amide bonds. The zero-order chi connectivity index (χ0) is 13.0. The molecule has 102 valence electrons. The fourth-order valence-corrected chi connectivity index (χ4v) is 2.88. The number of piperidine rings is 2. The standard InChI is InChI=1S/C13H22N2O3/c16-12(7-10-3-1-5-14-8-10)15-6-2-4-11(9-15)13(17)18/h10-11,14H,1-9H2,(H,17,18). The number of carboxylic acid groups (broad SMARTS) is 1. The number of nitrogens with zero attached hydrogens (tertiary/aromatic N) is 1. The molecule has 0 saturated carbocycles. The maximum absolute atomic E-state index is 12.1. The first-order valence-electron chi connectivity index (χ1n) is 6.88. The Balaban J connectivity index is 1.82. The van der Waals surface area contributed by atoms with Crippen molar-refractivity contribution in [1.29, 1.82) is 0 Å². The number of hydrogen-bond acceptors (Lipinski definition) is 3. The smallest absolute Gasteiger partial charge is 0.308 e. The van der Waals surface area contributed by atoms with Crippen molar-refractivity contribution in [2.45, 2.75) is 32.1 Å². The van der Waals surface area contributed by atoms with Crippen molar-refractivity contribution in [2.75, 3.05) is 26.2 Å². The Labute approximate surface area is 108 Å². The summed E-state index contributed by atoms with van der Waals surface area (Å²) in [5, 5.41) is 12.3. The number of aliphatic carboxylic acids is 1. The van der Waals surface area contributed by atoms with Crippen LogP contribution >= 0.6 is 0 Å². The minimum absolute atomic E-state index is 0.134. The Morgan fingerprint density at radius 1 is 1.28 bits per heavy atom. The molecule has 2 heterocycles. The van der Waals surface area contributed by atoms with Gasteiger partial charge in [0.2, 0.25) is 5.91 Å². The van der Waals surface area contributed by atoms with Crippen LogP contribution in [0.15, 0.2) is 0 Å². The minimum Gasteiger partial charge on any atom is -0.481 e. The van der Waals surface area contributed by atoms with Crippen LogP contribution in [0.25, 0.3) is 0 Å². The summed E-state index contributed by atoms with van der Waals surface area (Å²) in [4.78, 5) is 24.9. The van der Waals surface area contributed by atoms with Gasteiger partial charge in [0.25, 0.3) is 0 Å². The van der Waals surface area contributed by atoms with Crippen LogP contribution in [0.4, 0.5) is 0 Å².